The van der Waals surface area contributed by atoms with E-state index in [1.807, 2.05) is 18.2 Å². The van der Waals surface area contributed by atoms with Gasteiger partial charge in [0.1, 0.15) is 11.5 Å². The van der Waals surface area contributed by atoms with E-state index in [-0.39, 0.29) is 6.04 Å². The van der Waals surface area contributed by atoms with Gasteiger partial charge in [-0.1, -0.05) is 0 Å². The number of hydrogen-bond donors (Lipinski definition) is 1. The predicted octanol–water partition coefficient (Wildman–Crippen LogP) is 0.863. The van der Waals surface area contributed by atoms with Crippen molar-refractivity contribution in [2.75, 3.05) is 40.5 Å². The highest BCUT2D eigenvalue weighted by Gasteiger charge is 2.21. The Morgan fingerprint density at radius 3 is 2.53 bits per heavy atom. The van der Waals surface area contributed by atoms with Crippen LogP contribution >= 0.6 is 0 Å². The molecule has 5 heteroatoms. The van der Waals surface area contributed by atoms with Crippen molar-refractivity contribution in [3.63, 3.8) is 0 Å². The summed E-state index contributed by atoms with van der Waals surface area (Å²) in [5, 5.41) is 0. The summed E-state index contributed by atoms with van der Waals surface area (Å²) in [5.74, 6) is 1.62. The van der Waals surface area contributed by atoms with Crippen molar-refractivity contribution < 1.29 is 14.2 Å². The van der Waals surface area contributed by atoms with Crippen LogP contribution in [0.4, 0.5) is 0 Å². The highest BCUT2D eigenvalue weighted by atomic mass is 16.5. The zero-order chi connectivity index (χ0) is 13.7. The Hall–Kier alpha value is -1.30. The van der Waals surface area contributed by atoms with Crippen molar-refractivity contribution in [3.8, 4) is 11.5 Å². The maximum atomic E-state index is 5.79. The fourth-order valence-electron chi connectivity index (χ4n) is 2.31. The van der Waals surface area contributed by atoms with Gasteiger partial charge in [-0.05, 0) is 17.7 Å². The first-order valence-corrected chi connectivity index (χ1v) is 6.50. The highest BCUT2D eigenvalue weighted by molar-refractivity contribution is 5.38. The number of nitrogens with zero attached hydrogens (tertiary/aromatic N) is 1. The van der Waals surface area contributed by atoms with Gasteiger partial charge in [-0.2, -0.15) is 0 Å². The van der Waals surface area contributed by atoms with Gasteiger partial charge < -0.3 is 19.9 Å². The summed E-state index contributed by atoms with van der Waals surface area (Å²) in [6.45, 7) is 3.82. The molecule has 1 saturated heterocycles. The van der Waals surface area contributed by atoms with Crippen molar-refractivity contribution in [2.45, 2.75) is 12.6 Å². The first kappa shape index (κ1) is 14.1. The Bertz CT molecular complexity index is 389. The van der Waals surface area contributed by atoms with Crippen LogP contribution in [0.5, 0.6) is 11.5 Å². The van der Waals surface area contributed by atoms with Gasteiger partial charge in [0, 0.05) is 31.7 Å². The second-order valence-electron chi connectivity index (χ2n) is 4.66. The maximum Gasteiger partial charge on any atom is 0.122 e. The zero-order valence-corrected chi connectivity index (χ0v) is 11.6. The SMILES string of the molecule is COc1cc(CN2CCOCC2CN)cc(OC)c1. The minimum absolute atomic E-state index is 0.283. The Morgan fingerprint density at radius 2 is 1.95 bits per heavy atom. The molecule has 2 rings (SSSR count). The number of benzene rings is 1. The Labute approximate surface area is 114 Å². The molecule has 0 aliphatic carbocycles. The lowest BCUT2D eigenvalue weighted by Gasteiger charge is -2.34. The molecule has 0 spiro atoms. The van der Waals surface area contributed by atoms with Crippen LogP contribution < -0.4 is 15.2 Å². The van der Waals surface area contributed by atoms with E-state index < -0.39 is 0 Å². The van der Waals surface area contributed by atoms with Crippen LogP contribution in [-0.4, -0.2) is 51.5 Å². The maximum absolute atomic E-state index is 5.79. The van der Waals surface area contributed by atoms with E-state index in [9.17, 15) is 0 Å². The van der Waals surface area contributed by atoms with Gasteiger partial charge in [-0.15, -0.1) is 0 Å². The van der Waals surface area contributed by atoms with Crippen LogP contribution in [0.2, 0.25) is 0 Å². The minimum Gasteiger partial charge on any atom is -0.497 e. The molecule has 106 valence electrons. The Morgan fingerprint density at radius 1 is 1.26 bits per heavy atom. The molecule has 1 heterocycles. The zero-order valence-electron chi connectivity index (χ0n) is 11.6. The normalized spacial score (nSPS) is 20.3. The summed E-state index contributed by atoms with van der Waals surface area (Å²) in [6.07, 6.45) is 0. The second-order valence-corrected chi connectivity index (χ2v) is 4.66. The summed E-state index contributed by atoms with van der Waals surface area (Å²) in [5.41, 5.74) is 6.95. The lowest BCUT2D eigenvalue weighted by atomic mass is 10.1. The van der Waals surface area contributed by atoms with Gasteiger partial charge in [0.25, 0.3) is 0 Å². The van der Waals surface area contributed by atoms with Crippen LogP contribution in [-0.2, 0) is 11.3 Å². The van der Waals surface area contributed by atoms with E-state index in [4.69, 9.17) is 19.9 Å². The topological polar surface area (TPSA) is 57.0 Å². The molecule has 1 fully saturated rings. The summed E-state index contributed by atoms with van der Waals surface area (Å²) in [4.78, 5) is 2.34. The van der Waals surface area contributed by atoms with Crippen LogP contribution in [0.1, 0.15) is 5.56 Å². The molecule has 0 bridgehead atoms. The summed E-state index contributed by atoms with van der Waals surface area (Å²) in [7, 11) is 3.33. The fourth-order valence-corrected chi connectivity index (χ4v) is 2.31. The molecule has 5 nitrogen and oxygen atoms in total. The van der Waals surface area contributed by atoms with E-state index >= 15 is 0 Å². The minimum atomic E-state index is 0.283. The molecular weight excluding hydrogens is 244 g/mol. The summed E-state index contributed by atoms with van der Waals surface area (Å²) in [6, 6.07) is 6.23. The molecule has 1 aliphatic heterocycles. The van der Waals surface area contributed by atoms with Crippen LogP contribution in [0.15, 0.2) is 18.2 Å². The Kier molecular flexibility index (Phi) is 5.01. The molecule has 19 heavy (non-hydrogen) atoms. The number of nitrogens with two attached hydrogens (primary N) is 1. The lowest BCUT2D eigenvalue weighted by Crippen LogP contribution is -2.48. The van der Waals surface area contributed by atoms with Gasteiger partial charge in [0.05, 0.1) is 27.4 Å². The highest BCUT2D eigenvalue weighted by Crippen LogP contribution is 2.24. The van der Waals surface area contributed by atoms with Gasteiger partial charge in [0.15, 0.2) is 0 Å². The number of methoxy groups -OCH3 is 2. The fraction of sp³-hybridized carbons (Fsp3) is 0.571. The second kappa shape index (κ2) is 6.75. The molecule has 1 aromatic carbocycles. The van der Waals surface area contributed by atoms with E-state index in [0.29, 0.717) is 13.2 Å². The standard InChI is InChI=1S/C14H22N2O3/c1-17-13-5-11(6-14(7-13)18-2)9-16-3-4-19-10-12(16)8-15/h5-7,12H,3-4,8-10,15H2,1-2H3. The van der Waals surface area contributed by atoms with Crippen LogP contribution in [0.25, 0.3) is 0 Å². The number of ether oxygens (including phenoxy) is 3. The largest absolute Gasteiger partial charge is 0.497 e. The lowest BCUT2D eigenvalue weighted by molar-refractivity contribution is -0.00796. The molecule has 0 amide bonds. The van der Waals surface area contributed by atoms with Crippen molar-refractivity contribution in [2.24, 2.45) is 5.73 Å². The van der Waals surface area contributed by atoms with Gasteiger partial charge in [-0.3, -0.25) is 4.90 Å². The average molecular weight is 266 g/mol. The van der Waals surface area contributed by atoms with Gasteiger partial charge in [0.2, 0.25) is 0 Å². The van der Waals surface area contributed by atoms with E-state index in [2.05, 4.69) is 4.90 Å². The third kappa shape index (κ3) is 3.59. The third-order valence-corrected chi connectivity index (χ3v) is 3.42. The quantitative estimate of drug-likeness (QED) is 0.857. The van der Waals surface area contributed by atoms with Gasteiger partial charge in [-0.25, -0.2) is 0 Å². The van der Waals surface area contributed by atoms with Crippen molar-refractivity contribution in [1.29, 1.82) is 0 Å². The summed E-state index contributed by atoms with van der Waals surface area (Å²) < 4.78 is 16.0. The third-order valence-electron chi connectivity index (χ3n) is 3.42. The number of morpholine rings is 1. The molecule has 2 N–H and O–H groups in total. The molecular formula is C14H22N2O3. The van der Waals surface area contributed by atoms with Crippen molar-refractivity contribution in [1.82, 2.24) is 4.90 Å². The Balaban J connectivity index is 2.12. The van der Waals surface area contributed by atoms with Gasteiger partial charge >= 0.3 is 0 Å². The van der Waals surface area contributed by atoms with E-state index in [1.54, 1.807) is 14.2 Å². The molecule has 1 atom stereocenters. The monoisotopic (exact) mass is 266 g/mol. The van der Waals surface area contributed by atoms with E-state index in [0.717, 1.165) is 36.8 Å². The number of hydrogen-bond acceptors (Lipinski definition) is 5. The van der Waals surface area contributed by atoms with Crippen molar-refractivity contribution >= 4 is 0 Å². The molecule has 0 radical (unpaired) electrons. The molecule has 0 aromatic heterocycles. The molecule has 1 aromatic rings. The van der Waals surface area contributed by atoms with Crippen LogP contribution in [0, 0.1) is 0 Å². The first-order chi connectivity index (χ1) is 9.26. The first-order valence-electron chi connectivity index (χ1n) is 6.50. The van der Waals surface area contributed by atoms with Crippen molar-refractivity contribution in [3.05, 3.63) is 23.8 Å². The summed E-state index contributed by atoms with van der Waals surface area (Å²) >= 11 is 0. The molecule has 1 aliphatic rings. The smallest absolute Gasteiger partial charge is 0.122 e. The number of rotatable bonds is 5. The molecule has 0 saturated carbocycles. The van der Waals surface area contributed by atoms with Crippen LogP contribution in [0.3, 0.4) is 0 Å². The predicted molar refractivity (Wildman–Crippen MR) is 73.6 cm³/mol. The molecule has 1 unspecified atom stereocenters. The van der Waals surface area contributed by atoms with E-state index in [1.165, 1.54) is 0 Å². The average Bonchev–Trinajstić information content (AvgIpc) is 2.47.